The molecule has 116 valence electrons. The fourth-order valence-corrected chi connectivity index (χ4v) is 2.69. The van der Waals surface area contributed by atoms with Crippen LogP contribution in [-0.4, -0.2) is 16.4 Å². The van der Waals surface area contributed by atoms with Gasteiger partial charge in [-0.05, 0) is 29.7 Å². The molecule has 1 amide bonds. The van der Waals surface area contributed by atoms with Gasteiger partial charge in [0.25, 0.3) is 11.8 Å². The molecule has 4 heteroatoms. The van der Waals surface area contributed by atoms with E-state index in [-0.39, 0.29) is 5.91 Å². The first-order valence-electron chi connectivity index (χ1n) is 7.53. The molecule has 2 N–H and O–H groups in total. The van der Waals surface area contributed by atoms with Crippen LogP contribution in [0.15, 0.2) is 54.7 Å². The number of aromatic nitrogens is 1. The highest BCUT2D eigenvalue weighted by molar-refractivity contribution is 6.11. The minimum atomic E-state index is -0.539. The zero-order valence-corrected chi connectivity index (χ0v) is 13.1. The molecular weight excluding hydrogens is 288 g/mol. The van der Waals surface area contributed by atoms with Crippen LogP contribution in [0.5, 0.6) is 0 Å². The van der Waals surface area contributed by atoms with Crippen molar-refractivity contribution in [2.24, 2.45) is 5.73 Å². The minimum absolute atomic E-state index is 0.177. The third kappa shape index (κ3) is 2.63. The lowest BCUT2D eigenvalue weighted by Gasteiger charge is -2.07. The van der Waals surface area contributed by atoms with E-state index >= 15 is 0 Å². The molecule has 23 heavy (non-hydrogen) atoms. The van der Waals surface area contributed by atoms with Crippen LogP contribution in [-0.2, 0) is 0 Å². The Hall–Kier alpha value is -2.88. The lowest BCUT2D eigenvalue weighted by molar-refractivity contribution is 0.0965. The van der Waals surface area contributed by atoms with Crippen molar-refractivity contribution in [1.29, 1.82) is 0 Å². The highest BCUT2D eigenvalue weighted by atomic mass is 16.2. The van der Waals surface area contributed by atoms with Gasteiger partial charge < -0.3 is 5.73 Å². The van der Waals surface area contributed by atoms with Crippen molar-refractivity contribution in [3.05, 3.63) is 71.4 Å². The maximum absolute atomic E-state index is 12.8. The number of hydrogen-bond acceptors (Lipinski definition) is 2. The Bertz CT molecular complexity index is 889. The molecule has 0 aliphatic carbocycles. The van der Waals surface area contributed by atoms with Crippen molar-refractivity contribution < 1.29 is 9.59 Å². The van der Waals surface area contributed by atoms with E-state index in [0.717, 1.165) is 0 Å². The molecule has 0 saturated heterocycles. The van der Waals surface area contributed by atoms with E-state index in [1.165, 1.54) is 16.3 Å². The van der Waals surface area contributed by atoms with Crippen molar-refractivity contribution in [3.63, 3.8) is 0 Å². The van der Waals surface area contributed by atoms with Gasteiger partial charge in [0.15, 0.2) is 0 Å². The second-order valence-electron chi connectivity index (χ2n) is 5.88. The summed E-state index contributed by atoms with van der Waals surface area (Å²) in [6, 6.07) is 14.8. The molecule has 0 aliphatic rings. The molecule has 0 unspecified atom stereocenters. The van der Waals surface area contributed by atoms with Crippen molar-refractivity contribution in [1.82, 2.24) is 4.57 Å². The maximum atomic E-state index is 12.8. The summed E-state index contributed by atoms with van der Waals surface area (Å²) in [5.74, 6) is -0.306. The minimum Gasteiger partial charge on any atom is -0.366 e. The van der Waals surface area contributed by atoms with Crippen LogP contribution in [0, 0.1) is 0 Å². The summed E-state index contributed by atoms with van der Waals surface area (Å²) in [7, 11) is 0. The van der Waals surface area contributed by atoms with E-state index in [9.17, 15) is 9.59 Å². The number of fused-ring (bicyclic) bond motifs is 1. The first-order chi connectivity index (χ1) is 11.0. The zero-order chi connectivity index (χ0) is 16.6. The number of benzene rings is 2. The molecule has 3 aromatic rings. The maximum Gasteiger partial charge on any atom is 0.262 e. The summed E-state index contributed by atoms with van der Waals surface area (Å²) >= 11 is 0. The average Bonchev–Trinajstić information content (AvgIpc) is 2.94. The Morgan fingerprint density at radius 1 is 1.00 bits per heavy atom. The van der Waals surface area contributed by atoms with Crippen molar-refractivity contribution in [2.45, 2.75) is 19.8 Å². The first-order valence-corrected chi connectivity index (χ1v) is 7.53. The molecule has 1 heterocycles. The molecule has 2 aromatic carbocycles. The fraction of sp³-hybridized carbons (Fsp3) is 0.158. The first kappa shape index (κ1) is 15.0. The van der Waals surface area contributed by atoms with Crippen LogP contribution >= 0.6 is 0 Å². The van der Waals surface area contributed by atoms with Crippen molar-refractivity contribution in [3.8, 4) is 0 Å². The molecule has 3 rings (SSSR count). The van der Waals surface area contributed by atoms with Crippen LogP contribution in [0.25, 0.3) is 10.9 Å². The highest BCUT2D eigenvalue weighted by Gasteiger charge is 2.17. The van der Waals surface area contributed by atoms with E-state index in [2.05, 4.69) is 13.8 Å². The Labute approximate surface area is 134 Å². The number of primary amides is 1. The van der Waals surface area contributed by atoms with E-state index in [0.29, 0.717) is 27.9 Å². The summed E-state index contributed by atoms with van der Waals surface area (Å²) in [6.45, 7) is 4.21. The summed E-state index contributed by atoms with van der Waals surface area (Å²) in [6.07, 6.45) is 1.52. The Balaban J connectivity index is 2.09. The van der Waals surface area contributed by atoms with Crippen LogP contribution in [0.3, 0.4) is 0 Å². The van der Waals surface area contributed by atoms with Gasteiger partial charge in [0, 0.05) is 17.1 Å². The number of nitrogens with zero attached hydrogens (tertiary/aromatic N) is 1. The number of para-hydroxylation sites is 1. The topological polar surface area (TPSA) is 65.1 Å². The Morgan fingerprint density at radius 3 is 2.26 bits per heavy atom. The molecule has 0 fully saturated rings. The molecule has 1 aromatic heterocycles. The second kappa shape index (κ2) is 5.72. The number of amides is 1. The van der Waals surface area contributed by atoms with E-state index in [1.54, 1.807) is 6.07 Å². The molecular formula is C19H18N2O2. The third-order valence-electron chi connectivity index (χ3n) is 4.02. The van der Waals surface area contributed by atoms with Gasteiger partial charge >= 0.3 is 0 Å². The Morgan fingerprint density at radius 2 is 1.65 bits per heavy atom. The van der Waals surface area contributed by atoms with Gasteiger partial charge in [-0.1, -0.05) is 44.2 Å². The smallest absolute Gasteiger partial charge is 0.262 e. The van der Waals surface area contributed by atoms with E-state index < -0.39 is 5.91 Å². The molecule has 0 spiro atoms. The zero-order valence-electron chi connectivity index (χ0n) is 13.1. The molecule has 0 aliphatic heterocycles. The summed E-state index contributed by atoms with van der Waals surface area (Å²) in [4.78, 5) is 24.4. The monoisotopic (exact) mass is 306 g/mol. The summed E-state index contributed by atoms with van der Waals surface area (Å²) in [5.41, 5.74) is 8.21. The quantitative estimate of drug-likeness (QED) is 0.804. The lowest BCUT2D eigenvalue weighted by atomic mass is 10.0. The van der Waals surface area contributed by atoms with Gasteiger partial charge in [-0.2, -0.15) is 0 Å². The van der Waals surface area contributed by atoms with Crippen LogP contribution in [0.2, 0.25) is 0 Å². The van der Waals surface area contributed by atoms with E-state index in [4.69, 9.17) is 5.73 Å². The summed E-state index contributed by atoms with van der Waals surface area (Å²) < 4.78 is 1.49. The SMILES string of the molecule is CC(C)c1ccc(C(=O)n2cc(C(N)=O)c3ccccc32)cc1. The molecule has 0 saturated carbocycles. The lowest BCUT2D eigenvalue weighted by Crippen LogP contribution is -2.12. The van der Waals surface area contributed by atoms with Crippen molar-refractivity contribution >= 4 is 22.7 Å². The summed E-state index contributed by atoms with van der Waals surface area (Å²) in [5, 5.41) is 0.687. The normalized spacial score (nSPS) is 11.1. The largest absolute Gasteiger partial charge is 0.366 e. The number of rotatable bonds is 3. The van der Waals surface area contributed by atoms with Gasteiger partial charge in [-0.15, -0.1) is 0 Å². The predicted molar refractivity (Wildman–Crippen MR) is 90.7 cm³/mol. The fourth-order valence-electron chi connectivity index (χ4n) is 2.69. The predicted octanol–water partition coefficient (Wildman–Crippen LogP) is 3.55. The molecule has 0 atom stereocenters. The molecule has 0 radical (unpaired) electrons. The molecule has 0 bridgehead atoms. The third-order valence-corrected chi connectivity index (χ3v) is 4.02. The van der Waals surface area contributed by atoms with Gasteiger partial charge in [0.2, 0.25) is 0 Å². The number of carbonyl (C=O) groups excluding carboxylic acids is 2. The Kier molecular flexibility index (Phi) is 3.74. The van der Waals surface area contributed by atoms with Gasteiger partial charge in [0.05, 0.1) is 11.1 Å². The number of hydrogen-bond donors (Lipinski definition) is 1. The van der Waals surface area contributed by atoms with E-state index in [1.807, 2.05) is 42.5 Å². The van der Waals surface area contributed by atoms with Crippen molar-refractivity contribution in [2.75, 3.05) is 0 Å². The standard InChI is InChI=1S/C19H18N2O2/c1-12(2)13-7-9-14(10-8-13)19(23)21-11-16(18(20)22)15-5-3-4-6-17(15)21/h3-12H,1-2H3,(H2,20,22). The molecule has 4 nitrogen and oxygen atoms in total. The second-order valence-corrected chi connectivity index (χ2v) is 5.88. The van der Waals surface area contributed by atoms with Crippen LogP contribution in [0.1, 0.15) is 46.0 Å². The van der Waals surface area contributed by atoms with Crippen LogP contribution in [0.4, 0.5) is 0 Å². The van der Waals surface area contributed by atoms with Gasteiger partial charge in [-0.25, -0.2) is 0 Å². The van der Waals surface area contributed by atoms with Crippen LogP contribution < -0.4 is 5.73 Å². The highest BCUT2D eigenvalue weighted by Crippen LogP contribution is 2.23. The number of nitrogens with two attached hydrogens (primary N) is 1. The number of carbonyl (C=O) groups is 2. The van der Waals surface area contributed by atoms with Gasteiger partial charge in [0.1, 0.15) is 0 Å². The van der Waals surface area contributed by atoms with Gasteiger partial charge in [-0.3, -0.25) is 14.2 Å². The average molecular weight is 306 g/mol.